The average molecular weight is 173 g/mol. The minimum Gasteiger partial charge on any atom is -0.464 e. The van der Waals surface area contributed by atoms with Crippen molar-refractivity contribution >= 4 is 0 Å². The van der Waals surface area contributed by atoms with E-state index in [1.807, 2.05) is 36.4 Å². The second kappa shape index (κ2) is 3.46. The highest BCUT2D eigenvalue weighted by Gasteiger charge is 2.04. The van der Waals surface area contributed by atoms with Gasteiger partial charge in [-0.1, -0.05) is 24.3 Å². The summed E-state index contributed by atoms with van der Waals surface area (Å²) in [6.45, 7) is 0.539. The zero-order valence-electron chi connectivity index (χ0n) is 7.23. The van der Waals surface area contributed by atoms with Crippen LogP contribution in [-0.2, 0) is 6.54 Å². The Bertz CT molecular complexity index is 379. The molecule has 0 aliphatic heterocycles. The van der Waals surface area contributed by atoms with E-state index in [-0.39, 0.29) is 0 Å². The Kier molecular flexibility index (Phi) is 2.15. The second-order valence-electron chi connectivity index (χ2n) is 2.84. The van der Waals surface area contributed by atoms with Crippen LogP contribution in [0.25, 0.3) is 11.3 Å². The highest BCUT2D eigenvalue weighted by molar-refractivity contribution is 5.61. The summed E-state index contributed by atoms with van der Waals surface area (Å²) in [5, 5.41) is 0. The van der Waals surface area contributed by atoms with Gasteiger partial charge in [0.15, 0.2) is 0 Å². The van der Waals surface area contributed by atoms with Gasteiger partial charge in [-0.3, -0.25) is 0 Å². The predicted octanol–water partition coefficient (Wildman–Crippen LogP) is 2.41. The molecule has 13 heavy (non-hydrogen) atoms. The molecule has 0 radical (unpaired) electrons. The Balaban J connectivity index is 2.51. The van der Waals surface area contributed by atoms with Crippen molar-refractivity contribution in [2.45, 2.75) is 6.54 Å². The topological polar surface area (TPSA) is 39.2 Å². The summed E-state index contributed by atoms with van der Waals surface area (Å²) in [6.07, 6.45) is 1.67. The van der Waals surface area contributed by atoms with Gasteiger partial charge in [0.05, 0.1) is 6.26 Å². The van der Waals surface area contributed by atoms with Crippen LogP contribution in [0.3, 0.4) is 0 Å². The maximum Gasteiger partial charge on any atom is 0.134 e. The van der Waals surface area contributed by atoms with Crippen molar-refractivity contribution in [2.24, 2.45) is 5.73 Å². The van der Waals surface area contributed by atoms with E-state index in [0.29, 0.717) is 6.54 Å². The first kappa shape index (κ1) is 8.08. The number of hydrogen-bond donors (Lipinski definition) is 1. The van der Waals surface area contributed by atoms with Crippen LogP contribution in [0.1, 0.15) is 5.56 Å². The Labute approximate surface area is 77.0 Å². The summed E-state index contributed by atoms with van der Waals surface area (Å²) in [6, 6.07) is 11.8. The second-order valence-corrected chi connectivity index (χ2v) is 2.84. The van der Waals surface area contributed by atoms with Crippen molar-refractivity contribution in [1.82, 2.24) is 0 Å². The van der Waals surface area contributed by atoms with E-state index >= 15 is 0 Å². The molecule has 66 valence electrons. The lowest BCUT2D eigenvalue weighted by molar-refractivity contribution is 0.581. The molecule has 0 bridgehead atoms. The molecule has 2 nitrogen and oxygen atoms in total. The van der Waals surface area contributed by atoms with Gasteiger partial charge in [0.1, 0.15) is 5.76 Å². The highest BCUT2D eigenvalue weighted by atomic mass is 16.3. The number of nitrogens with two attached hydrogens (primary N) is 1. The van der Waals surface area contributed by atoms with Crippen LogP contribution in [0.4, 0.5) is 0 Å². The zero-order chi connectivity index (χ0) is 9.10. The molecule has 0 spiro atoms. The Hall–Kier alpha value is -1.54. The maximum absolute atomic E-state index is 5.62. The van der Waals surface area contributed by atoms with E-state index in [0.717, 1.165) is 16.9 Å². The molecule has 0 unspecified atom stereocenters. The quantitative estimate of drug-likeness (QED) is 0.757. The van der Waals surface area contributed by atoms with Crippen LogP contribution in [-0.4, -0.2) is 0 Å². The van der Waals surface area contributed by atoms with Crippen LogP contribution in [0.5, 0.6) is 0 Å². The molecular formula is C11H11NO. The maximum atomic E-state index is 5.62. The molecule has 0 atom stereocenters. The summed E-state index contributed by atoms with van der Waals surface area (Å²) in [4.78, 5) is 0. The van der Waals surface area contributed by atoms with Crippen molar-refractivity contribution < 1.29 is 4.42 Å². The van der Waals surface area contributed by atoms with Gasteiger partial charge < -0.3 is 10.2 Å². The fourth-order valence-electron chi connectivity index (χ4n) is 1.37. The normalized spacial score (nSPS) is 10.2. The van der Waals surface area contributed by atoms with E-state index in [1.165, 1.54) is 0 Å². The standard InChI is InChI=1S/C11H11NO/c12-8-9-4-1-2-5-10(9)11-6-3-7-13-11/h1-7H,8,12H2. The van der Waals surface area contributed by atoms with Crippen molar-refractivity contribution in [2.75, 3.05) is 0 Å². The first-order chi connectivity index (χ1) is 6.42. The van der Waals surface area contributed by atoms with Gasteiger partial charge in [-0.2, -0.15) is 0 Å². The molecule has 2 aromatic rings. The molecule has 2 N–H and O–H groups in total. The molecule has 0 aliphatic carbocycles. The third-order valence-corrected chi connectivity index (χ3v) is 2.02. The molecule has 1 aromatic heterocycles. The third kappa shape index (κ3) is 1.48. The fraction of sp³-hybridized carbons (Fsp3) is 0.0909. The van der Waals surface area contributed by atoms with Gasteiger partial charge in [0.2, 0.25) is 0 Å². The van der Waals surface area contributed by atoms with Crippen LogP contribution < -0.4 is 5.73 Å². The van der Waals surface area contributed by atoms with Gasteiger partial charge >= 0.3 is 0 Å². The van der Waals surface area contributed by atoms with E-state index < -0.39 is 0 Å². The molecule has 0 saturated carbocycles. The van der Waals surface area contributed by atoms with Gasteiger partial charge in [0.25, 0.3) is 0 Å². The predicted molar refractivity (Wildman–Crippen MR) is 52.0 cm³/mol. The minimum absolute atomic E-state index is 0.539. The summed E-state index contributed by atoms with van der Waals surface area (Å²) >= 11 is 0. The van der Waals surface area contributed by atoms with Crippen LogP contribution in [0.2, 0.25) is 0 Å². The molecule has 0 saturated heterocycles. The molecular weight excluding hydrogens is 162 g/mol. The van der Waals surface area contributed by atoms with Gasteiger partial charge in [0, 0.05) is 12.1 Å². The average Bonchev–Trinajstić information content (AvgIpc) is 2.70. The summed E-state index contributed by atoms with van der Waals surface area (Å²) in [5.41, 5.74) is 7.80. The van der Waals surface area contributed by atoms with E-state index in [4.69, 9.17) is 10.2 Å². The molecule has 0 amide bonds. The first-order valence-corrected chi connectivity index (χ1v) is 4.23. The molecule has 0 aliphatic rings. The van der Waals surface area contributed by atoms with Gasteiger partial charge in [-0.05, 0) is 17.7 Å². The molecule has 1 heterocycles. The molecule has 1 aromatic carbocycles. The number of furan rings is 1. The van der Waals surface area contributed by atoms with Crippen molar-refractivity contribution in [3.63, 3.8) is 0 Å². The van der Waals surface area contributed by atoms with E-state index in [1.54, 1.807) is 6.26 Å². The Morgan fingerprint density at radius 3 is 2.62 bits per heavy atom. The lowest BCUT2D eigenvalue weighted by Gasteiger charge is -2.03. The fourth-order valence-corrected chi connectivity index (χ4v) is 1.37. The first-order valence-electron chi connectivity index (χ1n) is 4.23. The lowest BCUT2D eigenvalue weighted by atomic mass is 10.1. The van der Waals surface area contributed by atoms with Gasteiger partial charge in [-0.15, -0.1) is 0 Å². The van der Waals surface area contributed by atoms with Crippen molar-refractivity contribution in [1.29, 1.82) is 0 Å². The minimum atomic E-state index is 0.539. The summed E-state index contributed by atoms with van der Waals surface area (Å²) < 4.78 is 5.31. The van der Waals surface area contributed by atoms with Crippen molar-refractivity contribution in [3.8, 4) is 11.3 Å². The third-order valence-electron chi connectivity index (χ3n) is 2.02. The lowest BCUT2D eigenvalue weighted by Crippen LogP contribution is -1.97. The Morgan fingerprint density at radius 1 is 1.08 bits per heavy atom. The van der Waals surface area contributed by atoms with Crippen LogP contribution in [0.15, 0.2) is 47.1 Å². The number of rotatable bonds is 2. The smallest absolute Gasteiger partial charge is 0.134 e. The highest BCUT2D eigenvalue weighted by Crippen LogP contribution is 2.23. The Morgan fingerprint density at radius 2 is 1.92 bits per heavy atom. The monoisotopic (exact) mass is 173 g/mol. The number of benzene rings is 1. The SMILES string of the molecule is NCc1ccccc1-c1ccco1. The zero-order valence-corrected chi connectivity index (χ0v) is 7.23. The van der Waals surface area contributed by atoms with Gasteiger partial charge in [-0.25, -0.2) is 0 Å². The van der Waals surface area contributed by atoms with Crippen LogP contribution in [0, 0.1) is 0 Å². The molecule has 0 fully saturated rings. The van der Waals surface area contributed by atoms with Crippen LogP contribution >= 0.6 is 0 Å². The summed E-state index contributed by atoms with van der Waals surface area (Å²) in [5.74, 6) is 0.876. The molecule has 2 heteroatoms. The molecule has 2 rings (SSSR count). The van der Waals surface area contributed by atoms with E-state index in [9.17, 15) is 0 Å². The van der Waals surface area contributed by atoms with Crippen molar-refractivity contribution in [3.05, 3.63) is 48.2 Å². The summed E-state index contributed by atoms with van der Waals surface area (Å²) in [7, 11) is 0. The number of hydrogen-bond acceptors (Lipinski definition) is 2. The van der Waals surface area contributed by atoms with E-state index in [2.05, 4.69) is 0 Å². The largest absolute Gasteiger partial charge is 0.464 e.